The van der Waals surface area contributed by atoms with Gasteiger partial charge in [0.25, 0.3) is 0 Å². The molecule has 2 amide bonds. The number of hydrogen-bond acceptors (Lipinski definition) is 3. The second-order valence-electron chi connectivity index (χ2n) is 4.32. The fourth-order valence-corrected chi connectivity index (χ4v) is 1.56. The monoisotopic (exact) mass is 263 g/mol. The molecule has 0 fully saturated rings. The average molecular weight is 263 g/mol. The van der Waals surface area contributed by atoms with E-state index in [9.17, 15) is 4.79 Å². The predicted octanol–water partition coefficient (Wildman–Crippen LogP) is 2.42. The van der Waals surface area contributed by atoms with Gasteiger partial charge in [-0.05, 0) is 31.7 Å². The van der Waals surface area contributed by atoms with Gasteiger partial charge in [-0.1, -0.05) is 30.3 Å². The van der Waals surface area contributed by atoms with Gasteiger partial charge in [0.2, 0.25) is 0 Å². The van der Waals surface area contributed by atoms with Gasteiger partial charge in [-0.25, -0.2) is 10.2 Å². The normalized spacial score (nSPS) is 11.3. The molecule has 0 saturated heterocycles. The summed E-state index contributed by atoms with van der Waals surface area (Å²) in [6, 6.07) is 9.46. The molecule has 1 rings (SSSR count). The number of nitrogens with zero attached hydrogens (tertiary/aromatic N) is 1. The van der Waals surface area contributed by atoms with Crippen LogP contribution in [0.25, 0.3) is 0 Å². The molecule has 0 radical (unpaired) electrons. The number of hydrogen-bond donors (Lipinski definition) is 2. The van der Waals surface area contributed by atoms with Crippen LogP contribution in [0.3, 0.4) is 0 Å². The Hall–Kier alpha value is -1.88. The van der Waals surface area contributed by atoms with Gasteiger partial charge in [-0.15, -0.1) is 0 Å². The summed E-state index contributed by atoms with van der Waals surface area (Å²) in [5, 5.41) is 3.84. The first-order valence-corrected chi connectivity index (χ1v) is 6.39. The number of urea groups is 1. The van der Waals surface area contributed by atoms with Gasteiger partial charge in [0.05, 0.1) is 6.61 Å². The topological polar surface area (TPSA) is 76.7 Å². The highest BCUT2D eigenvalue weighted by Crippen LogP contribution is 2.03. The minimum absolute atomic E-state index is 0.634. The molecule has 0 aliphatic heterocycles. The Kier molecular flexibility index (Phi) is 7.27. The lowest BCUT2D eigenvalue weighted by atomic mass is 10.2. The molecule has 0 unspecified atom stereocenters. The summed E-state index contributed by atoms with van der Waals surface area (Å²) in [6.07, 6.45) is 2.77. The maximum atomic E-state index is 10.4. The molecule has 0 aliphatic carbocycles. The predicted molar refractivity (Wildman–Crippen MR) is 75.8 cm³/mol. The zero-order valence-corrected chi connectivity index (χ0v) is 11.3. The van der Waals surface area contributed by atoms with E-state index >= 15 is 0 Å². The molecule has 5 heteroatoms. The minimum atomic E-state index is -0.634. The molecule has 104 valence electrons. The number of unbranched alkanes of at least 4 members (excludes halogenated alkanes) is 1. The van der Waals surface area contributed by atoms with Crippen molar-refractivity contribution in [2.75, 3.05) is 6.61 Å². The van der Waals surface area contributed by atoms with Gasteiger partial charge in [0.15, 0.2) is 0 Å². The number of hydrazone groups is 1. The van der Waals surface area contributed by atoms with Crippen molar-refractivity contribution in [2.45, 2.75) is 32.8 Å². The van der Waals surface area contributed by atoms with Crippen LogP contribution >= 0.6 is 0 Å². The molecule has 0 saturated carbocycles. The van der Waals surface area contributed by atoms with Crippen molar-refractivity contribution < 1.29 is 9.53 Å². The summed E-state index contributed by atoms with van der Waals surface area (Å²) < 4.78 is 5.57. The number of carbonyl (C=O) groups excluding carboxylic acids is 1. The van der Waals surface area contributed by atoms with Gasteiger partial charge in [0, 0.05) is 12.3 Å². The Balaban J connectivity index is 2.02. The molecule has 0 bridgehead atoms. The van der Waals surface area contributed by atoms with Crippen LogP contribution in [0.1, 0.15) is 31.7 Å². The zero-order chi connectivity index (χ0) is 13.9. The van der Waals surface area contributed by atoms with E-state index in [0.717, 1.165) is 31.6 Å². The second-order valence-corrected chi connectivity index (χ2v) is 4.32. The number of benzene rings is 1. The van der Waals surface area contributed by atoms with Crippen LogP contribution in [0.5, 0.6) is 0 Å². The molecular weight excluding hydrogens is 242 g/mol. The van der Waals surface area contributed by atoms with Crippen LogP contribution in [0.15, 0.2) is 35.4 Å². The van der Waals surface area contributed by atoms with E-state index in [1.54, 1.807) is 0 Å². The highest BCUT2D eigenvalue weighted by Gasteiger charge is 1.96. The van der Waals surface area contributed by atoms with Gasteiger partial charge >= 0.3 is 6.03 Å². The van der Waals surface area contributed by atoms with Crippen molar-refractivity contribution in [3.8, 4) is 0 Å². The minimum Gasteiger partial charge on any atom is -0.377 e. The Morgan fingerprint density at radius 3 is 2.74 bits per heavy atom. The smallest absolute Gasteiger partial charge is 0.332 e. The van der Waals surface area contributed by atoms with E-state index in [0.29, 0.717) is 6.61 Å². The van der Waals surface area contributed by atoms with Crippen molar-refractivity contribution in [2.24, 2.45) is 10.8 Å². The number of nitrogens with two attached hydrogens (primary N) is 1. The molecular formula is C14H21N3O2. The molecule has 0 atom stereocenters. The number of amides is 2. The summed E-state index contributed by atoms with van der Waals surface area (Å²) in [7, 11) is 0. The first-order valence-electron chi connectivity index (χ1n) is 6.39. The van der Waals surface area contributed by atoms with Crippen LogP contribution in [0.4, 0.5) is 4.79 Å². The number of carbonyl (C=O) groups is 1. The van der Waals surface area contributed by atoms with E-state index in [-0.39, 0.29) is 0 Å². The van der Waals surface area contributed by atoms with E-state index in [2.05, 4.69) is 10.5 Å². The van der Waals surface area contributed by atoms with Crippen molar-refractivity contribution in [3.63, 3.8) is 0 Å². The Labute approximate surface area is 113 Å². The highest BCUT2D eigenvalue weighted by atomic mass is 16.5. The quantitative estimate of drug-likeness (QED) is 0.429. The van der Waals surface area contributed by atoms with Crippen molar-refractivity contribution >= 4 is 11.7 Å². The van der Waals surface area contributed by atoms with Gasteiger partial charge in [-0.2, -0.15) is 5.10 Å². The summed E-state index contributed by atoms with van der Waals surface area (Å²) in [5.41, 5.74) is 9.18. The molecule has 5 nitrogen and oxygen atoms in total. The lowest BCUT2D eigenvalue weighted by molar-refractivity contribution is 0.117. The van der Waals surface area contributed by atoms with Gasteiger partial charge in [0.1, 0.15) is 0 Å². The lowest BCUT2D eigenvalue weighted by Crippen LogP contribution is -2.25. The van der Waals surface area contributed by atoms with Crippen molar-refractivity contribution in [1.82, 2.24) is 5.43 Å². The first-order chi connectivity index (χ1) is 9.18. The van der Waals surface area contributed by atoms with E-state index < -0.39 is 6.03 Å². The third-order valence-corrected chi connectivity index (χ3v) is 2.55. The van der Waals surface area contributed by atoms with Crippen molar-refractivity contribution in [3.05, 3.63) is 35.9 Å². The molecule has 1 aromatic carbocycles. The first kappa shape index (κ1) is 15.2. The van der Waals surface area contributed by atoms with Crippen molar-refractivity contribution in [1.29, 1.82) is 0 Å². The summed E-state index contributed by atoms with van der Waals surface area (Å²) >= 11 is 0. The number of rotatable bonds is 8. The summed E-state index contributed by atoms with van der Waals surface area (Å²) in [6.45, 7) is 3.24. The van der Waals surface area contributed by atoms with Crippen LogP contribution < -0.4 is 11.2 Å². The largest absolute Gasteiger partial charge is 0.377 e. The van der Waals surface area contributed by atoms with Crippen LogP contribution in [0.2, 0.25) is 0 Å². The SMILES string of the molecule is C/C(CCCCOCc1ccccc1)=N/NC(N)=O. The van der Waals surface area contributed by atoms with Crippen LogP contribution in [-0.4, -0.2) is 18.3 Å². The molecule has 0 aliphatic rings. The molecule has 0 heterocycles. The molecule has 1 aromatic rings. The maximum Gasteiger partial charge on any atom is 0.332 e. The summed E-state index contributed by atoms with van der Waals surface area (Å²) in [4.78, 5) is 10.4. The third-order valence-electron chi connectivity index (χ3n) is 2.55. The number of nitrogens with one attached hydrogen (secondary N) is 1. The fourth-order valence-electron chi connectivity index (χ4n) is 1.56. The highest BCUT2D eigenvalue weighted by molar-refractivity contribution is 5.83. The van der Waals surface area contributed by atoms with E-state index in [1.165, 1.54) is 5.56 Å². The molecule has 0 aromatic heterocycles. The fraction of sp³-hybridized carbons (Fsp3) is 0.429. The summed E-state index contributed by atoms with van der Waals surface area (Å²) in [5.74, 6) is 0. The molecule has 19 heavy (non-hydrogen) atoms. The van der Waals surface area contributed by atoms with E-state index in [1.807, 2.05) is 37.3 Å². The lowest BCUT2D eigenvalue weighted by Gasteiger charge is -2.04. The standard InChI is InChI=1S/C14H21N3O2/c1-12(16-17-14(15)18)7-5-6-10-19-11-13-8-3-2-4-9-13/h2-4,8-9H,5-7,10-11H2,1H3,(H3,15,17,18)/b16-12-. The zero-order valence-electron chi connectivity index (χ0n) is 11.3. The molecule has 0 spiro atoms. The third kappa shape index (κ3) is 7.94. The number of primary amides is 1. The van der Waals surface area contributed by atoms with Crippen LogP contribution in [-0.2, 0) is 11.3 Å². The Morgan fingerprint density at radius 1 is 1.32 bits per heavy atom. The second kappa shape index (κ2) is 9.10. The van der Waals surface area contributed by atoms with Crippen LogP contribution in [0, 0.1) is 0 Å². The molecule has 3 N–H and O–H groups in total. The number of ether oxygens (including phenoxy) is 1. The van der Waals surface area contributed by atoms with Gasteiger partial charge < -0.3 is 10.5 Å². The Bertz CT molecular complexity index is 404. The van der Waals surface area contributed by atoms with Gasteiger partial charge in [-0.3, -0.25) is 0 Å². The van der Waals surface area contributed by atoms with E-state index in [4.69, 9.17) is 10.5 Å². The Morgan fingerprint density at radius 2 is 2.05 bits per heavy atom. The maximum absolute atomic E-state index is 10.4. The average Bonchev–Trinajstić information content (AvgIpc) is 2.41.